The molecule has 0 saturated carbocycles. The Labute approximate surface area is 138 Å². The summed E-state index contributed by atoms with van der Waals surface area (Å²) < 4.78 is 0. The highest BCUT2D eigenvalue weighted by atomic mass is 14.7. The van der Waals surface area contributed by atoms with Crippen LogP contribution < -0.4 is 0 Å². The molecule has 0 aliphatic rings. The number of aromatic nitrogens is 1. The Bertz CT molecular complexity index is 327. The summed E-state index contributed by atoms with van der Waals surface area (Å²) in [5.74, 6) is 0. The Morgan fingerprint density at radius 3 is 1.50 bits per heavy atom. The van der Waals surface area contributed by atoms with E-state index in [2.05, 4.69) is 32.0 Å². The van der Waals surface area contributed by atoms with Crippen LogP contribution in [0.2, 0.25) is 0 Å². The molecule has 0 bridgehead atoms. The number of hydrogen-bond donors (Lipinski definition) is 0. The SMILES string of the molecule is CCCCCCCCc1c[c]cc(CCCCCCCC)n1. The number of pyridine rings is 1. The fourth-order valence-electron chi connectivity index (χ4n) is 2.91. The largest absolute Gasteiger partial charge is 0.258 e. The predicted octanol–water partition coefficient (Wildman–Crippen LogP) is 6.69. The van der Waals surface area contributed by atoms with Gasteiger partial charge in [-0.05, 0) is 43.9 Å². The lowest BCUT2D eigenvalue weighted by molar-refractivity contribution is 0.598. The van der Waals surface area contributed by atoms with Gasteiger partial charge in [-0.2, -0.15) is 0 Å². The van der Waals surface area contributed by atoms with Gasteiger partial charge >= 0.3 is 0 Å². The van der Waals surface area contributed by atoms with Crippen molar-refractivity contribution in [1.29, 1.82) is 0 Å². The van der Waals surface area contributed by atoms with Crippen molar-refractivity contribution in [2.75, 3.05) is 0 Å². The zero-order chi connectivity index (χ0) is 15.9. The Morgan fingerprint density at radius 2 is 1.05 bits per heavy atom. The van der Waals surface area contributed by atoms with E-state index in [0.29, 0.717) is 0 Å². The van der Waals surface area contributed by atoms with Gasteiger partial charge in [0, 0.05) is 11.4 Å². The molecule has 22 heavy (non-hydrogen) atoms. The molecule has 0 unspecified atom stereocenters. The molecule has 1 rings (SSSR count). The maximum Gasteiger partial charge on any atom is 0.0413 e. The van der Waals surface area contributed by atoms with E-state index in [0.717, 1.165) is 12.8 Å². The lowest BCUT2D eigenvalue weighted by Gasteiger charge is -2.05. The van der Waals surface area contributed by atoms with Crippen LogP contribution >= 0.6 is 0 Å². The Balaban J connectivity index is 2.13. The quantitative estimate of drug-likeness (QED) is 0.349. The van der Waals surface area contributed by atoms with Gasteiger partial charge in [0.1, 0.15) is 0 Å². The smallest absolute Gasteiger partial charge is 0.0413 e. The van der Waals surface area contributed by atoms with E-state index in [1.807, 2.05) is 0 Å². The summed E-state index contributed by atoms with van der Waals surface area (Å²) in [4.78, 5) is 4.81. The van der Waals surface area contributed by atoms with Crippen molar-refractivity contribution in [3.8, 4) is 0 Å². The van der Waals surface area contributed by atoms with Gasteiger partial charge in [-0.3, -0.25) is 4.98 Å². The highest BCUT2D eigenvalue weighted by molar-refractivity contribution is 5.10. The summed E-state index contributed by atoms with van der Waals surface area (Å²) in [6.45, 7) is 4.55. The van der Waals surface area contributed by atoms with Crippen molar-refractivity contribution in [2.45, 2.75) is 104 Å². The second kappa shape index (κ2) is 13.8. The van der Waals surface area contributed by atoms with E-state index >= 15 is 0 Å². The second-order valence-electron chi connectivity index (χ2n) is 6.59. The van der Waals surface area contributed by atoms with Crippen LogP contribution in [-0.2, 0) is 12.8 Å². The highest BCUT2D eigenvalue weighted by Gasteiger charge is 2.00. The Hall–Kier alpha value is -0.850. The number of hydrogen-bond acceptors (Lipinski definition) is 1. The number of unbranched alkanes of at least 4 members (excludes halogenated alkanes) is 10. The maximum atomic E-state index is 4.81. The van der Waals surface area contributed by atoms with Gasteiger partial charge < -0.3 is 0 Å². The lowest BCUT2D eigenvalue weighted by atomic mass is 10.1. The molecule has 1 heteroatoms. The van der Waals surface area contributed by atoms with Crippen LogP contribution in [0.25, 0.3) is 0 Å². The topological polar surface area (TPSA) is 12.9 Å². The van der Waals surface area contributed by atoms with Crippen molar-refractivity contribution in [1.82, 2.24) is 4.98 Å². The molecular weight excluding hydrogens is 266 g/mol. The molecule has 0 atom stereocenters. The third kappa shape index (κ3) is 9.97. The predicted molar refractivity (Wildman–Crippen MR) is 97.2 cm³/mol. The molecule has 1 radical (unpaired) electrons. The zero-order valence-corrected chi connectivity index (χ0v) is 15.0. The summed E-state index contributed by atoms with van der Waals surface area (Å²) >= 11 is 0. The molecule has 0 fully saturated rings. The van der Waals surface area contributed by atoms with E-state index in [1.54, 1.807) is 0 Å². The van der Waals surface area contributed by atoms with E-state index in [4.69, 9.17) is 4.98 Å². The average molecular weight is 303 g/mol. The molecule has 1 aromatic rings. The molecule has 0 aliphatic heterocycles. The fourth-order valence-corrected chi connectivity index (χ4v) is 2.91. The number of rotatable bonds is 14. The Kier molecular flexibility index (Phi) is 12.0. The van der Waals surface area contributed by atoms with Crippen molar-refractivity contribution in [2.24, 2.45) is 0 Å². The van der Waals surface area contributed by atoms with Gasteiger partial charge in [0.2, 0.25) is 0 Å². The summed E-state index contributed by atoms with van der Waals surface area (Å²) in [6, 6.07) is 7.45. The van der Waals surface area contributed by atoms with Gasteiger partial charge in [0.05, 0.1) is 0 Å². The molecule has 0 N–H and O–H groups in total. The van der Waals surface area contributed by atoms with Gasteiger partial charge in [-0.25, -0.2) is 0 Å². The minimum absolute atomic E-state index is 1.13. The molecule has 1 heterocycles. The normalized spacial score (nSPS) is 11.0. The van der Waals surface area contributed by atoms with Crippen LogP contribution in [0.5, 0.6) is 0 Å². The van der Waals surface area contributed by atoms with Crippen LogP contribution in [0, 0.1) is 6.07 Å². The first-order valence-corrected chi connectivity index (χ1v) is 9.72. The maximum absolute atomic E-state index is 4.81. The Morgan fingerprint density at radius 1 is 0.636 bits per heavy atom. The van der Waals surface area contributed by atoms with E-state index in [-0.39, 0.29) is 0 Å². The molecule has 125 valence electrons. The number of nitrogens with zero attached hydrogens (tertiary/aromatic N) is 1. The number of aryl methyl sites for hydroxylation is 2. The van der Waals surface area contributed by atoms with Crippen molar-refractivity contribution >= 4 is 0 Å². The molecule has 0 saturated heterocycles. The molecule has 0 aromatic carbocycles. The molecule has 1 aromatic heterocycles. The summed E-state index contributed by atoms with van der Waals surface area (Å²) in [5.41, 5.74) is 2.50. The van der Waals surface area contributed by atoms with E-state index in [1.165, 1.54) is 88.4 Å². The summed E-state index contributed by atoms with van der Waals surface area (Å²) in [5, 5.41) is 0. The minimum Gasteiger partial charge on any atom is -0.258 e. The van der Waals surface area contributed by atoms with Gasteiger partial charge in [-0.1, -0.05) is 78.1 Å². The van der Waals surface area contributed by atoms with Crippen LogP contribution in [0.15, 0.2) is 12.1 Å². The van der Waals surface area contributed by atoms with Crippen molar-refractivity contribution < 1.29 is 0 Å². The fraction of sp³-hybridized carbons (Fsp3) is 0.762. The first-order valence-electron chi connectivity index (χ1n) is 9.72. The van der Waals surface area contributed by atoms with Crippen LogP contribution in [-0.4, -0.2) is 4.98 Å². The molecular formula is C21H36N. The van der Waals surface area contributed by atoms with Gasteiger partial charge in [0.15, 0.2) is 0 Å². The monoisotopic (exact) mass is 302 g/mol. The minimum atomic E-state index is 1.13. The average Bonchev–Trinajstić information content (AvgIpc) is 2.54. The summed E-state index contributed by atoms with van der Waals surface area (Å²) in [6.07, 6.45) is 18.5. The highest BCUT2D eigenvalue weighted by Crippen LogP contribution is 2.11. The van der Waals surface area contributed by atoms with E-state index in [9.17, 15) is 0 Å². The third-order valence-corrected chi connectivity index (χ3v) is 4.36. The zero-order valence-electron chi connectivity index (χ0n) is 15.0. The molecule has 0 spiro atoms. The van der Waals surface area contributed by atoms with Crippen molar-refractivity contribution in [3.63, 3.8) is 0 Å². The van der Waals surface area contributed by atoms with Crippen LogP contribution in [0.1, 0.15) is 102 Å². The van der Waals surface area contributed by atoms with Crippen molar-refractivity contribution in [3.05, 3.63) is 29.6 Å². The first-order chi connectivity index (χ1) is 10.9. The first kappa shape index (κ1) is 19.2. The molecule has 0 amide bonds. The standard InChI is InChI=1S/C21H36N/c1-3-5-7-9-11-13-16-20-18-15-19-21(22-20)17-14-12-10-8-6-4-2/h18-19H,3-14,16-17H2,1-2H3. The van der Waals surface area contributed by atoms with E-state index < -0.39 is 0 Å². The van der Waals surface area contributed by atoms with Gasteiger partial charge in [0.25, 0.3) is 0 Å². The van der Waals surface area contributed by atoms with Gasteiger partial charge in [-0.15, -0.1) is 0 Å². The molecule has 1 nitrogen and oxygen atoms in total. The van der Waals surface area contributed by atoms with Crippen LogP contribution in [0.4, 0.5) is 0 Å². The third-order valence-electron chi connectivity index (χ3n) is 4.36. The second-order valence-corrected chi connectivity index (χ2v) is 6.59. The molecule has 0 aliphatic carbocycles. The lowest BCUT2D eigenvalue weighted by Crippen LogP contribution is -1.96. The summed E-state index contributed by atoms with van der Waals surface area (Å²) in [7, 11) is 0. The van der Waals surface area contributed by atoms with Crippen LogP contribution in [0.3, 0.4) is 0 Å².